The van der Waals surface area contributed by atoms with E-state index in [4.69, 9.17) is 4.74 Å². The minimum absolute atomic E-state index is 0.290. The minimum Gasteiger partial charge on any atom is -0.491 e. The molecule has 0 saturated heterocycles. The second-order valence-corrected chi connectivity index (χ2v) is 6.05. The summed E-state index contributed by atoms with van der Waals surface area (Å²) in [7, 11) is 0. The van der Waals surface area contributed by atoms with Crippen molar-refractivity contribution in [3.8, 4) is 5.75 Å². The Hall–Kier alpha value is -2.31. The van der Waals surface area contributed by atoms with Crippen LogP contribution in [0, 0.1) is 0 Å². The van der Waals surface area contributed by atoms with Gasteiger partial charge in [-0.15, -0.1) is 0 Å². The summed E-state index contributed by atoms with van der Waals surface area (Å²) in [4.78, 5) is 5.38. The first-order chi connectivity index (χ1) is 11.3. The van der Waals surface area contributed by atoms with E-state index in [-0.39, 0.29) is 0 Å². The summed E-state index contributed by atoms with van der Waals surface area (Å²) in [6.45, 7) is 2.64. The van der Waals surface area contributed by atoms with Crippen molar-refractivity contribution in [2.75, 3.05) is 19.7 Å². The SMILES string of the molecule is OC(COc1ccc2cc[nH]c2c1)CN1CCc2cn[nH]c2C1. The van der Waals surface area contributed by atoms with E-state index in [1.54, 1.807) is 0 Å². The first-order valence-corrected chi connectivity index (χ1v) is 7.89. The zero-order valence-electron chi connectivity index (χ0n) is 12.8. The van der Waals surface area contributed by atoms with Gasteiger partial charge in [0.05, 0.1) is 11.9 Å². The highest BCUT2D eigenvalue weighted by Gasteiger charge is 2.20. The van der Waals surface area contributed by atoms with Gasteiger partial charge < -0.3 is 14.8 Å². The Bertz CT molecular complexity index is 795. The molecule has 1 aromatic carbocycles. The van der Waals surface area contributed by atoms with E-state index in [2.05, 4.69) is 20.1 Å². The van der Waals surface area contributed by atoms with Gasteiger partial charge in [-0.3, -0.25) is 10.00 Å². The maximum absolute atomic E-state index is 10.2. The van der Waals surface area contributed by atoms with Crippen LogP contribution in [0.4, 0.5) is 0 Å². The number of benzene rings is 1. The molecule has 23 heavy (non-hydrogen) atoms. The Kier molecular flexibility index (Phi) is 3.77. The van der Waals surface area contributed by atoms with Crippen molar-refractivity contribution in [1.29, 1.82) is 0 Å². The van der Waals surface area contributed by atoms with E-state index < -0.39 is 6.10 Å². The Labute approximate surface area is 134 Å². The summed E-state index contributed by atoms with van der Waals surface area (Å²) in [6, 6.07) is 7.92. The third-order valence-corrected chi connectivity index (χ3v) is 4.32. The monoisotopic (exact) mass is 312 g/mol. The Morgan fingerprint density at radius 1 is 1.35 bits per heavy atom. The van der Waals surface area contributed by atoms with Crippen LogP contribution in [-0.4, -0.2) is 51.0 Å². The highest BCUT2D eigenvalue weighted by Crippen LogP contribution is 2.20. The number of aromatic amines is 2. The number of aliphatic hydroxyl groups is 1. The highest BCUT2D eigenvalue weighted by atomic mass is 16.5. The minimum atomic E-state index is -0.515. The molecule has 3 N–H and O–H groups in total. The van der Waals surface area contributed by atoms with Crippen LogP contribution in [0.1, 0.15) is 11.3 Å². The quantitative estimate of drug-likeness (QED) is 0.670. The molecular formula is C17H20N4O2. The van der Waals surface area contributed by atoms with Crippen LogP contribution >= 0.6 is 0 Å². The number of nitrogens with one attached hydrogen (secondary N) is 2. The van der Waals surface area contributed by atoms with Crippen molar-refractivity contribution < 1.29 is 9.84 Å². The van der Waals surface area contributed by atoms with Gasteiger partial charge in [-0.25, -0.2) is 0 Å². The highest BCUT2D eigenvalue weighted by molar-refractivity contribution is 5.80. The van der Waals surface area contributed by atoms with Crippen molar-refractivity contribution in [2.24, 2.45) is 0 Å². The normalized spacial score (nSPS) is 16.4. The lowest BCUT2D eigenvalue weighted by molar-refractivity contribution is 0.0634. The van der Waals surface area contributed by atoms with Crippen LogP contribution in [0.2, 0.25) is 0 Å². The van der Waals surface area contributed by atoms with Crippen molar-refractivity contribution >= 4 is 10.9 Å². The molecule has 3 aromatic rings. The van der Waals surface area contributed by atoms with Gasteiger partial charge in [0, 0.05) is 37.4 Å². The molecule has 0 radical (unpaired) electrons. The molecule has 4 rings (SSSR count). The van der Waals surface area contributed by atoms with E-state index in [1.165, 1.54) is 5.56 Å². The number of rotatable bonds is 5. The predicted molar refractivity (Wildman–Crippen MR) is 87.4 cm³/mol. The lowest BCUT2D eigenvalue weighted by Crippen LogP contribution is -2.38. The summed E-state index contributed by atoms with van der Waals surface area (Å²) >= 11 is 0. The number of aliphatic hydroxyl groups excluding tert-OH is 1. The van der Waals surface area contributed by atoms with Crippen molar-refractivity contribution in [2.45, 2.75) is 19.1 Å². The lowest BCUT2D eigenvalue weighted by atomic mass is 10.1. The van der Waals surface area contributed by atoms with Crippen molar-refractivity contribution in [1.82, 2.24) is 20.1 Å². The molecule has 0 amide bonds. The van der Waals surface area contributed by atoms with Gasteiger partial charge in [0.2, 0.25) is 0 Å². The predicted octanol–water partition coefficient (Wildman–Crippen LogP) is 1.69. The second-order valence-electron chi connectivity index (χ2n) is 6.05. The van der Waals surface area contributed by atoms with Crippen LogP contribution in [0.15, 0.2) is 36.7 Å². The number of nitrogens with zero attached hydrogens (tertiary/aromatic N) is 2. The summed E-state index contributed by atoms with van der Waals surface area (Å²) < 4.78 is 5.72. The van der Waals surface area contributed by atoms with Gasteiger partial charge >= 0.3 is 0 Å². The lowest BCUT2D eigenvalue weighted by Gasteiger charge is -2.28. The molecule has 1 atom stereocenters. The van der Waals surface area contributed by atoms with Gasteiger partial charge in [0.1, 0.15) is 18.5 Å². The number of hydrogen-bond acceptors (Lipinski definition) is 4. The Morgan fingerprint density at radius 2 is 2.30 bits per heavy atom. The molecule has 1 unspecified atom stereocenters. The molecule has 3 heterocycles. The number of hydrogen-bond donors (Lipinski definition) is 3. The van der Waals surface area contributed by atoms with Gasteiger partial charge in [0.15, 0.2) is 0 Å². The van der Waals surface area contributed by atoms with Gasteiger partial charge in [-0.2, -0.15) is 5.10 Å². The largest absolute Gasteiger partial charge is 0.491 e. The second kappa shape index (κ2) is 6.06. The molecule has 1 aliphatic heterocycles. The average Bonchev–Trinajstić information content (AvgIpc) is 3.20. The number of H-pyrrole nitrogens is 2. The molecule has 120 valence electrons. The van der Waals surface area contributed by atoms with Crippen LogP contribution < -0.4 is 4.74 Å². The third-order valence-electron chi connectivity index (χ3n) is 4.32. The van der Waals surface area contributed by atoms with E-state index in [1.807, 2.05) is 36.7 Å². The zero-order chi connectivity index (χ0) is 15.6. The maximum Gasteiger partial charge on any atom is 0.121 e. The number of ether oxygens (including phenoxy) is 1. The van der Waals surface area contributed by atoms with Gasteiger partial charge in [-0.05, 0) is 35.6 Å². The van der Waals surface area contributed by atoms with Crippen molar-refractivity contribution in [3.05, 3.63) is 47.9 Å². The summed E-state index contributed by atoms with van der Waals surface area (Å²) in [6.07, 6.45) is 4.26. The molecule has 0 bridgehead atoms. The van der Waals surface area contributed by atoms with Crippen molar-refractivity contribution in [3.63, 3.8) is 0 Å². The van der Waals surface area contributed by atoms with Crippen LogP contribution in [0.25, 0.3) is 10.9 Å². The average molecular weight is 312 g/mol. The molecular weight excluding hydrogens is 292 g/mol. The van der Waals surface area contributed by atoms with E-state index >= 15 is 0 Å². The number of aromatic nitrogens is 3. The Morgan fingerprint density at radius 3 is 3.26 bits per heavy atom. The molecule has 0 fully saturated rings. The number of fused-ring (bicyclic) bond motifs is 2. The standard InChI is InChI=1S/C17H20N4O2/c22-14(9-21-6-4-13-8-19-20-17(13)10-21)11-23-15-2-1-12-3-5-18-16(12)7-15/h1-3,5,7-8,14,18,22H,4,6,9-11H2,(H,19,20). The van der Waals surface area contributed by atoms with E-state index in [9.17, 15) is 5.11 Å². The summed E-state index contributed by atoms with van der Waals surface area (Å²) in [5, 5.41) is 18.5. The molecule has 0 spiro atoms. The fourth-order valence-corrected chi connectivity index (χ4v) is 3.09. The Balaban J connectivity index is 1.31. The van der Waals surface area contributed by atoms with Crippen LogP contribution in [0.3, 0.4) is 0 Å². The molecule has 1 aliphatic rings. The van der Waals surface area contributed by atoms with Crippen LogP contribution in [-0.2, 0) is 13.0 Å². The first-order valence-electron chi connectivity index (χ1n) is 7.89. The first kappa shape index (κ1) is 14.3. The summed E-state index contributed by atoms with van der Waals surface area (Å²) in [5.41, 5.74) is 3.48. The molecule has 0 aliphatic carbocycles. The van der Waals surface area contributed by atoms with E-state index in [0.29, 0.717) is 13.2 Å². The molecule has 0 saturated carbocycles. The topological polar surface area (TPSA) is 77.2 Å². The van der Waals surface area contributed by atoms with Gasteiger partial charge in [0.25, 0.3) is 0 Å². The smallest absolute Gasteiger partial charge is 0.121 e. The van der Waals surface area contributed by atoms with Gasteiger partial charge in [-0.1, -0.05) is 0 Å². The van der Waals surface area contributed by atoms with E-state index in [0.717, 1.165) is 41.9 Å². The zero-order valence-corrected chi connectivity index (χ0v) is 12.8. The fraction of sp³-hybridized carbons (Fsp3) is 0.353. The summed E-state index contributed by atoms with van der Waals surface area (Å²) in [5.74, 6) is 0.772. The van der Waals surface area contributed by atoms with Crippen LogP contribution in [0.5, 0.6) is 5.75 Å². The maximum atomic E-state index is 10.2. The number of β-amino-alcohol motifs (C(OH)–C–C–N with tert-alkyl or cyclic N) is 1. The molecule has 2 aromatic heterocycles. The molecule has 6 nitrogen and oxygen atoms in total. The third kappa shape index (κ3) is 3.09. The molecule has 6 heteroatoms. The fourth-order valence-electron chi connectivity index (χ4n) is 3.09.